The average Bonchev–Trinajstić information content (AvgIpc) is 2.43. The highest BCUT2D eigenvalue weighted by Gasteiger charge is 2.42. The van der Waals surface area contributed by atoms with Crippen LogP contribution in [-0.4, -0.2) is 41.6 Å². The molecule has 0 radical (unpaired) electrons. The smallest absolute Gasteiger partial charge is 0.252 e. The molecule has 0 fully saturated rings. The van der Waals surface area contributed by atoms with E-state index in [4.69, 9.17) is 0 Å². The zero-order chi connectivity index (χ0) is 11.0. The Morgan fingerprint density at radius 1 is 1.53 bits per heavy atom. The number of nitrogens with zero attached hydrogens (tertiary/aromatic N) is 3. The summed E-state index contributed by atoms with van der Waals surface area (Å²) in [5, 5.41) is 8.85. The van der Waals surface area contributed by atoms with Crippen molar-refractivity contribution in [2.45, 2.75) is 38.8 Å². The zero-order valence-electron chi connectivity index (χ0n) is 9.32. The Balaban J connectivity index is 2.28. The number of aliphatic imine (C=N–C) groups is 1. The van der Waals surface area contributed by atoms with E-state index in [0.717, 1.165) is 18.6 Å². The first kappa shape index (κ1) is 10.1. The molecule has 2 aliphatic heterocycles. The Morgan fingerprint density at radius 2 is 2.27 bits per heavy atom. The van der Waals surface area contributed by atoms with Gasteiger partial charge >= 0.3 is 0 Å². The number of fused-ring (bicyclic) bond motifs is 1. The molecule has 0 saturated heterocycles. The Kier molecular flexibility index (Phi) is 2.46. The highest BCUT2D eigenvalue weighted by molar-refractivity contribution is 6.08. The van der Waals surface area contributed by atoms with E-state index < -0.39 is 0 Å². The zero-order valence-corrected chi connectivity index (χ0v) is 9.32. The third kappa shape index (κ3) is 1.62. The second-order valence-electron chi connectivity index (χ2n) is 4.01. The molecule has 0 bridgehead atoms. The fraction of sp³-hybridized carbons (Fsp3) is 0.700. The fourth-order valence-corrected chi connectivity index (χ4v) is 2.12. The van der Waals surface area contributed by atoms with Crippen LogP contribution in [0.3, 0.4) is 0 Å². The predicted octanol–water partition coefficient (Wildman–Crippen LogP) is 0.373. The molecule has 0 spiro atoms. The van der Waals surface area contributed by atoms with Crippen molar-refractivity contribution in [1.29, 1.82) is 0 Å². The summed E-state index contributed by atoms with van der Waals surface area (Å²) in [5.74, 6) is 0.699. The lowest BCUT2D eigenvalue weighted by Crippen LogP contribution is -2.53. The van der Waals surface area contributed by atoms with Gasteiger partial charge in [-0.25, -0.2) is 0 Å². The SMILES string of the molecule is CCCC1=NN(C)C2C(=O)NC(C)=NC12. The second kappa shape index (κ2) is 3.64. The van der Waals surface area contributed by atoms with E-state index in [9.17, 15) is 4.79 Å². The summed E-state index contributed by atoms with van der Waals surface area (Å²) >= 11 is 0. The van der Waals surface area contributed by atoms with Gasteiger partial charge in [-0.05, 0) is 13.3 Å². The number of hydrazone groups is 1. The van der Waals surface area contributed by atoms with Crippen molar-refractivity contribution in [2.24, 2.45) is 10.1 Å². The molecule has 1 amide bonds. The molecule has 2 aliphatic rings. The van der Waals surface area contributed by atoms with Gasteiger partial charge in [0.25, 0.3) is 5.91 Å². The molecule has 82 valence electrons. The standard InChI is InChI=1S/C10H16N4O/c1-4-5-7-8-9(14(3)13-7)10(15)12-6(2)11-8/h8-9H,4-5H2,1-3H3,(H,11,12,15). The van der Waals surface area contributed by atoms with E-state index in [-0.39, 0.29) is 18.0 Å². The van der Waals surface area contributed by atoms with E-state index in [0.29, 0.717) is 5.84 Å². The minimum Gasteiger partial charge on any atom is -0.313 e. The second-order valence-corrected chi connectivity index (χ2v) is 4.01. The summed E-state index contributed by atoms with van der Waals surface area (Å²) in [6, 6.07) is -0.307. The average molecular weight is 208 g/mol. The van der Waals surface area contributed by atoms with Crippen molar-refractivity contribution in [1.82, 2.24) is 10.3 Å². The van der Waals surface area contributed by atoms with Crippen LogP contribution in [0.4, 0.5) is 0 Å². The number of hydrogen-bond donors (Lipinski definition) is 1. The van der Waals surface area contributed by atoms with Crippen LogP contribution in [0.25, 0.3) is 0 Å². The summed E-state index contributed by atoms with van der Waals surface area (Å²) in [7, 11) is 1.83. The third-order valence-corrected chi connectivity index (χ3v) is 2.74. The van der Waals surface area contributed by atoms with Gasteiger partial charge in [-0.2, -0.15) is 5.10 Å². The minimum atomic E-state index is -0.241. The summed E-state index contributed by atoms with van der Waals surface area (Å²) < 4.78 is 0. The number of rotatable bonds is 2. The number of nitrogens with one attached hydrogen (secondary N) is 1. The molecular formula is C10H16N4O. The highest BCUT2D eigenvalue weighted by atomic mass is 16.2. The van der Waals surface area contributed by atoms with Gasteiger partial charge in [-0.1, -0.05) is 13.3 Å². The van der Waals surface area contributed by atoms with Crippen molar-refractivity contribution in [3.8, 4) is 0 Å². The van der Waals surface area contributed by atoms with Crippen molar-refractivity contribution in [3.63, 3.8) is 0 Å². The van der Waals surface area contributed by atoms with Crippen molar-refractivity contribution < 1.29 is 4.79 Å². The normalized spacial score (nSPS) is 29.5. The Morgan fingerprint density at radius 3 is 2.93 bits per heavy atom. The van der Waals surface area contributed by atoms with Crippen molar-refractivity contribution in [2.75, 3.05) is 7.05 Å². The van der Waals surface area contributed by atoms with Gasteiger partial charge in [0.15, 0.2) is 6.04 Å². The van der Waals surface area contributed by atoms with Crippen molar-refractivity contribution in [3.05, 3.63) is 0 Å². The van der Waals surface area contributed by atoms with E-state index >= 15 is 0 Å². The van der Waals surface area contributed by atoms with Crippen LogP contribution in [0, 0.1) is 0 Å². The topological polar surface area (TPSA) is 57.1 Å². The third-order valence-electron chi connectivity index (χ3n) is 2.74. The quantitative estimate of drug-likeness (QED) is 0.713. The van der Waals surface area contributed by atoms with Gasteiger partial charge in [0.05, 0.1) is 5.71 Å². The van der Waals surface area contributed by atoms with Gasteiger partial charge in [-0.15, -0.1) is 0 Å². The molecule has 1 N–H and O–H groups in total. The molecule has 2 heterocycles. The fourth-order valence-electron chi connectivity index (χ4n) is 2.12. The number of likely N-dealkylation sites (N-methyl/N-ethyl adjacent to an activating group) is 1. The molecule has 5 nitrogen and oxygen atoms in total. The van der Waals surface area contributed by atoms with Crippen LogP contribution in [0.2, 0.25) is 0 Å². The highest BCUT2D eigenvalue weighted by Crippen LogP contribution is 2.22. The number of carbonyl (C=O) groups excluding carboxylic acids is 1. The number of amides is 1. The van der Waals surface area contributed by atoms with Crippen molar-refractivity contribution >= 4 is 17.5 Å². The van der Waals surface area contributed by atoms with E-state index in [1.165, 1.54) is 0 Å². The molecule has 0 saturated carbocycles. The van der Waals surface area contributed by atoms with Crippen LogP contribution in [-0.2, 0) is 4.79 Å². The lowest BCUT2D eigenvalue weighted by molar-refractivity contribution is -0.124. The van der Waals surface area contributed by atoms with Gasteiger partial charge < -0.3 is 5.32 Å². The molecule has 2 unspecified atom stereocenters. The number of carbonyl (C=O) groups is 1. The van der Waals surface area contributed by atoms with Crippen LogP contribution >= 0.6 is 0 Å². The predicted molar refractivity (Wildman–Crippen MR) is 58.9 cm³/mol. The minimum absolute atomic E-state index is 0.00449. The molecule has 2 atom stereocenters. The van der Waals surface area contributed by atoms with Crippen LogP contribution in [0.15, 0.2) is 10.1 Å². The monoisotopic (exact) mass is 208 g/mol. The summed E-state index contributed by atoms with van der Waals surface area (Å²) in [6.07, 6.45) is 1.95. The maximum atomic E-state index is 11.7. The van der Waals surface area contributed by atoms with Gasteiger partial charge in [0.1, 0.15) is 11.9 Å². The molecule has 0 aliphatic carbocycles. The van der Waals surface area contributed by atoms with Gasteiger partial charge in [-0.3, -0.25) is 14.8 Å². The van der Waals surface area contributed by atoms with Gasteiger partial charge in [0, 0.05) is 7.05 Å². The summed E-state index contributed by atoms with van der Waals surface area (Å²) in [4.78, 5) is 16.2. The molecular weight excluding hydrogens is 192 g/mol. The first-order chi connectivity index (χ1) is 7.13. The Bertz CT molecular complexity index is 347. The first-order valence-electron chi connectivity index (χ1n) is 5.29. The molecule has 5 heteroatoms. The Labute approximate surface area is 89.2 Å². The van der Waals surface area contributed by atoms with Crippen LogP contribution in [0.5, 0.6) is 0 Å². The largest absolute Gasteiger partial charge is 0.313 e. The van der Waals surface area contributed by atoms with Gasteiger partial charge in [0.2, 0.25) is 0 Å². The Hall–Kier alpha value is -1.39. The van der Waals surface area contributed by atoms with Crippen LogP contribution in [0.1, 0.15) is 26.7 Å². The summed E-state index contributed by atoms with van der Waals surface area (Å²) in [6.45, 7) is 3.92. The molecule has 15 heavy (non-hydrogen) atoms. The molecule has 0 aromatic carbocycles. The lowest BCUT2D eigenvalue weighted by Gasteiger charge is -2.26. The summed E-state index contributed by atoms with van der Waals surface area (Å²) in [5.41, 5.74) is 1.03. The molecule has 0 aromatic rings. The van der Waals surface area contributed by atoms with E-state index in [2.05, 4.69) is 22.3 Å². The number of amidine groups is 1. The van der Waals surface area contributed by atoms with Crippen LogP contribution < -0.4 is 5.32 Å². The number of hydrogen-bond acceptors (Lipinski definition) is 4. The molecule has 0 aromatic heterocycles. The maximum absolute atomic E-state index is 11.7. The van der Waals surface area contributed by atoms with E-state index in [1.807, 2.05) is 14.0 Å². The first-order valence-corrected chi connectivity index (χ1v) is 5.29. The lowest BCUT2D eigenvalue weighted by atomic mass is 9.99. The van der Waals surface area contributed by atoms with E-state index in [1.54, 1.807) is 5.01 Å². The molecule has 2 rings (SSSR count). The maximum Gasteiger partial charge on any atom is 0.252 e.